The van der Waals surface area contributed by atoms with Gasteiger partial charge in [0, 0.05) is 61.6 Å². The first-order valence-electron chi connectivity index (χ1n) is 14.7. The lowest BCUT2D eigenvalue weighted by Crippen LogP contribution is -2.55. The number of piperazine rings is 1. The summed E-state index contributed by atoms with van der Waals surface area (Å²) in [5.74, 6) is 0.117. The zero-order valence-corrected chi connectivity index (χ0v) is 25.1. The second kappa shape index (κ2) is 13.2. The minimum Gasteiger partial charge on any atom is -0.338 e. The molecule has 5 rings (SSSR count). The predicted octanol–water partition coefficient (Wildman–Crippen LogP) is 4.37. The predicted molar refractivity (Wildman–Crippen MR) is 160 cm³/mol. The Morgan fingerprint density at radius 2 is 1.76 bits per heavy atom. The number of hydrogen-bond donors (Lipinski definition) is 2. The molecule has 0 aliphatic carbocycles. The number of amides is 2. The van der Waals surface area contributed by atoms with E-state index in [9.17, 15) is 27.2 Å². The standard InChI is InChI=1S/C30H35F4N9O2/c1-4-18-13-19(5-6-20(18)29(44)40-9-11-41(12-10-40)30(45)24(35)17(2)3)38-27-28-37-14-22(43(28)8-7-36-27)21-15-42(16-23(31)32)39-25(21)26(33)34/h5-8,13-15,17,23-24,26H,4,9-12,16,35H2,1-3H3,(H,36,38). The van der Waals surface area contributed by atoms with E-state index in [1.54, 1.807) is 21.9 Å². The summed E-state index contributed by atoms with van der Waals surface area (Å²) in [4.78, 5) is 38.3. The molecule has 4 aromatic rings. The van der Waals surface area contributed by atoms with Crippen LogP contribution in [-0.2, 0) is 17.8 Å². The lowest BCUT2D eigenvalue weighted by Gasteiger charge is -2.36. The van der Waals surface area contributed by atoms with E-state index in [-0.39, 0.29) is 29.0 Å². The number of benzene rings is 1. The summed E-state index contributed by atoms with van der Waals surface area (Å²) in [6, 6.07) is 4.75. The van der Waals surface area contributed by atoms with Crippen molar-refractivity contribution < 1.29 is 27.2 Å². The number of aromatic nitrogens is 5. The van der Waals surface area contributed by atoms with Crippen molar-refractivity contribution in [2.45, 2.75) is 52.6 Å². The number of nitrogens with two attached hydrogens (primary N) is 1. The average molecular weight is 630 g/mol. The number of anilines is 2. The maximum absolute atomic E-state index is 13.8. The van der Waals surface area contributed by atoms with Crippen LogP contribution in [0.5, 0.6) is 0 Å². The van der Waals surface area contributed by atoms with Crippen LogP contribution in [0.2, 0.25) is 0 Å². The van der Waals surface area contributed by atoms with Crippen LogP contribution in [0.3, 0.4) is 0 Å². The molecule has 1 saturated heterocycles. The van der Waals surface area contributed by atoms with E-state index in [0.29, 0.717) is 55.3 Å². The molecule has 2 amide bonds. The van der Waals surface area contributed by atoms with Crippen molar-refractivity contribution in [2.75, 3.05) is 31.5 Å². The molecule has 1 unspecified atom stereocenters. The van der Waals surface area contributed by atoms with Gasteiger partial charge < -0.3 is 20.9 Å². The topological polar surface area (TPSA) is 127 Å². The molecule has 1 aromatic carbocycles. The van der Waals surface area contributed by atoms with Crippen LogP contribution in [0.1, 0.15) is 48.8 Å². The highest BCUT2D eigenvalue weighted by molar-refractivity contribution is 5.96. The van der Waals surface area contributed by atoms with Crippen LogP contribution < -0.4 is 11.1 Å². The van der Waals surface area contributed by atoms with E-state index in [0.717, 1.165) is 16.4 Å². The van der Waals surface area contributed by atoms with Crippen molar-refractivity contribution in [3.63, 3.8) is 0 Å². The number of carbonyl (C=O) groups excluding carboxylic acids is 2. The molecular formula is C30H35F4N9O2. The van der Waals surface area contributed by atoms with Crippen molar-refractivity contribution >= 4 is 29.0 Å². The molecule has 1 aliphatic rings. The molecule has 3 aromatic heterocycles. The summed E-state index contributed by atoms with van der Waals surface area (Å²) in [7, 11) is 0. The molecule has 1 fully saturated rings. The number of carbonyl (C=O) groups is 2. The van der Waals surface area contributed by atoms with Gasteiger partial charge >= 0.3 is 0 Å². The van der Waals surface area contributed by atoms with Gasteiger partial charge in [0.2, 0.25) is 5.91 Å². The fraction of sp³-hybridized carbons (Fsp3) is 0.433. The molecule has 4 heterocycles. The molecule has 3 N–H and O–H groups in total. The summed E-state index contributed by atoms with van der Waals surface area (Å²) in [5.41, 5.74) is 7.94. The second-order valence-corrected chi connectivity index (χ2v) is 11.2. The number of rotatable bonds is 10. The highest BCUT2D eigenvalue weighted by atomic mass is 19.3. The largest absolute Gasteiger partial charge is 0.338 e. The number of nitrogens with zero attached hydrogens (tertiary/aromatic N) is 7. The first kappa shape index (κ1) is 31.9. The summed E-state index contributed by atoms with van der Waals surface area (Å²) in [6.07, 6.45) is 0.354. The molecule has 1 aliphatic heterocycles. The SMILES string of the molecule is CCc1cc(Nc2nccn3c(-c4cn(CC(F)F)nc4C(F)F)cnc23)ccc1C(=O)N1CCN(C(=O)C(N)C(C)C)CC1. The first-order valence-corrected chi connectivity index (χ1v) is 14.7. The molecule has 45 heavy (non-hydrogen) atoms. The first-order chi connectivity index (χ1) is 21.5. The molecule has 11 nitrogen and oxygen atoms in total. The summed E-state index contributed by atoms with van der Waals surface area (Å²) < 4.78 is 55.7. The van der Waals surface area contributed by atoms with Crippen molar-refractivity contribution in [3.05, 3.63) is 59.8 Å². The zero-order chi connectivity index (χ0) is 32.4. The van der Waals surface area contributed by atoms with Crippen molar-refractivity contribution in [3.8, 4) is 11.3 Å². The van der Waals surface area contributed by atoms with E-state index < -0.39 is 31.1 Å². The lowest BCUT2D eigenvalue weighted by molar-refractivity contribution is -0.135. The average Bonchev–Trinajstić information content (AvgIpc) is 3.64. The van der Waals surface area contributed by atoms with Crippen LogP contribution in [0.15, 0.2) is 43.0 Å². The van der Waals surface area contributed by atoms with Crippen molar-refractivity contribution in [1.82, 2.24) is 33.9 Å². The van der Waals surface area contributed by atoms with Crippen molar-refractivity contribution in [1.29, 1.82) is 0 Å². The number of alkyl halides is 4. The quantitative estimate of drug-likeness (QED) is 0.250. The Morgan fingerprint density at radius 3 is 2.40 bits per heavy atom. The Morgan fingerprint density at radius 1 is 1.04 bits per heavy atom. The molecule has 0 bridgehead atoms. The van der Waals surface area contributed by atoms with Crippen LogP contribution in [0.4, 0.5) is 29.1 Å². The number of aryl methyl sites for hydroxylation is 1. The smallest absolute Gasteiger partial charge is 0.282 e. The fourth-order valence-electron chi connectivity index (χ4n) is 5.34. The van der Waals surface area contributed by atoms with E-state index in [2.05, 4.69) is 20.4 Å². The Hall–Kier alpha value is -4.53. The molecule has 240 valence electrons. The number of nitrogens with one attached hydrogen (secondary N) is 1. The number of fused-ring (bicyclic) bond motifs is 1. The van der Waals surface area contributed by atoms with Gasteiger partial charge in [-0.05, 0) is 36.1 Å². The van der Waals surface area contributed by atoms with Gasteiger partial charge in [-0.3, -0.25) is 18.7 Å². The third-order valence-electron chi connectivity index (χ3n) is 7.89. The second-order valence-electron chi connectivity index (χ2n) is 11.2. The van der Waals surface area contributed by atoms with Crippen LogP contribution in [0, 0.1) is 5.92 Å². The Labute approximate surface area is 257 Å². The maximum atomic E-state index is 13.8. The normalized spacial score (nSPS) is 14.6. The number of hydrogen-bond acceptors (Lipinski definition) is 7. The van der Waals surface area contributed by atoms with E-state index in [4.69, 9.17) is 5.73 Å². The van der Waals surface area contributed by atoms with E-state index in [1.807, 2.05) is 26.8 Å². The van der Waals surface area contributed by atoms with E-state index in [1.165, 1.54) is 23.0 Å². The molecule has 15 heteroatoms. The monoisotopic (exact) mass is 629 g/mol. The van der Waals surface area contributed by atoms with E-state index >= 15 is 0 Å². The molecular weight excluding hydrogens is 594 g/mol. The minimum atomic E-state index is -2.98. The van der Waals surface area contributed by atoms with Gasteiger partial charge in [-0.25, -0.2) is 27.5 Å². The fourth-order valence-corrected chi connectivity index (χ4v) is 5.34. The third kappa shape index (κ3) is 6.62. The van der Waals surface area contributed by atoms with Crippen LogP contribution in [0.25, 0.3) is 16.9 Å². The van der Waals surface area contributed by atoms with Gasteiger partial charge in [0.15, 0.2) is 11.5 Å². The Kier molecular flexibility index (Phi) is 9.37. The zero-order valence-electron chi connectivity index (χ0n) is 25.1. The van der Waals surface area contributed by atoms with Crippen LogP contribution in [-0.4, -0.2) is 84.4 Å². The highest BCUT2D eigenvalue weighted by Crippen LogP contribution is 2.32. The molecule has 0 spiro atoms. The van der Waals surface area contributed by atoms with Gasteiger partial charge in [-0.2, -0.15) is 5.10 Å². The van der Waals surface area contributed by atoms with Gasteiger partial charge in [0.1, 0.15) is 12.2 Å². The van der Waals surface area contributed by atoms with Gasteiger partial charge in [-0.15, -0.1) is 0 Å². The van der Waals surface area contributed by atoms with Gasteiger partial charge in [0.05, 0.1) is 17.9 Å². The van der Waals surface area contributed by atoms with Crippen LogP contribution >= 0.6 is 0 Å². The van der Waals surface area contributed by atoms with Gasteiger partial charge in [0.25, 0.3) is 18.8 Å². The summed E-state index contributed by atoms with van der Waals surface area (Å²) in [6.45, 7) is 6.57. The van der Waals surface area contributed by atoms with Gasteiger partial charge in [-0.1, -0.05) is 20.8 Å². The molecule has 1 atom stereocenters. The number of imidazole rings is 1. The summed E-state index contributed by atoms with van der Waals surface area (Å²) in [5, 5.41) is 6.86. The highest BCUT2D eigenvalue weighted by Gasteiger charge is 2.29. The Balaban J connectivity index is 1.34. The maximum Gasteiger partial charge on any atom is 0.282 e. The van der Waals surface area contributed by atoms with Crippen molar-refractivity contribution in [2.24, 2.45) is 11.7 Å². The molecule has 0 radical (unpaired) electrons. The minimum absolute atomic E-state index is 0.0144. The number of halogens is 4. The third-order valence-corrected chi connectivity index (χ3v) is 7.89. The Bertz CT molecular complexity index is 1680. The molecule has 0 saturated carbocycles. The summed E-state index contributed by atoms with van der Waals surface area (Å²) >= 11 is 0. The lowest BCUT2D eigenvalue weighted by atomic mass is 10.0.